The quantitative estimate of drug-likeness (QED) is 0.405. The van der Waals surface area contributed by atoms with Gasteiger partial charge in [-0.15, -0.1) is 6.58 Å². The van der Waals surface area contributed by atoms with E-state index < -0.39 is 5.54 Å². The standard InChI is InChI=1S/C11H15NO3/c1-3-8-11(2,12(14)15)9-6-4-5-7-10(9)13/h3,6H,1,4-5,7-8H2,2H3. The van der Waals surface area contributed by atoms with E-state index in [4.69, 9.17) is 0 Å². The van der Waals surface area contributed by atoms with Gasteiger partial charge in [0, 0.05) is 24.7 Å². The zero-order valence-corrected chi connectivity index (χ0v) is 8.86. The van der Waals surface area contributed by atoms with E-state index in [9.17, 15) is 14.9 Å². The van der Waals surface area contributed by atoms with Crippen LogP contribution in [0.2, 0.25) is 0 Å². The van der Waals surface area contributed by atoms with Crippen LogP contribution in [0, 0.1) is 10.1 Å². The van der Waals surface area contributed by atoms with Gasteiger partial charge in [0.05, 0.1) is 5.57 Å². The topological polar surface area (TPSA) is 60.2 Å². The third-order valence-corrected chi connectivity index (χ3v) is 2.78. The molecule has 0 radical (unpaired) electrons. The van der Waals surface area contributed by atoms with E-state index in [0.29, 0.717) is 12.0 Å². The van der Waals surface area contributed by atoms with Crippen LogP contribution in [0.3, 0.4) is 0 Å². The Bertz CT molecular complexity index is 333. The zero-order chi connectivity index (χ0) is 11.5. The number of nitro groups is 1. The van der Waals surface area contributed by atoms with Gasteiger partial charge in [-0.2, -0.15) is 0 Å². The molecule has 0 spiro atoms. The van der Waals surface area contributed by atoms with Crippen LogP contribution in [0.5, 0.6) is 0 Å². The highest BCUT2D eigenvalue weighted by Crippen LogP contribution is 2.30. The minimum Gasteiger partial charge on any atom is -0.294 e. The summed E-state index contributed by atoms with van der Waals surface area (Å²) in [7, 11) is 0. The third-order valence-electron chi connectivity index (χ3n) is 2.78. The second-order valence-corrected chi connectivity index (χ2v) is 3.96. The highest BCUT2D eigenvalue weighted by atomic mass is 16.6. The van der Waals surface area contributed by atoms with Crippen LogP contribution in [0.4, 0.5) is 0 Å². The summed E-state index contributed by atoms with van der Waals surface area (Å²) in [4.78, 5) is 22.2. The first-order valence-electron chi connectivity index (χ1n) is 5.01. The fourth-order valence-corrected chi connectivity index (χ4v) is 1.84. The first-order valence-corrected chi connectivity index (χ1v) is 5.01. The molecule has 1 aliphatic rings. The Hall–Kier alpha value is -1.45. The molecule has 0 bridgehead atoms. The average Bonchev–Trinajstić information content (AvgIpc) is 2.18. The van der Waals surface area contributed by atoms with Crippen molar-refractivity contribution in [2.45, 2.75) is 38.1 Å². The summed E-state index contributed by atoms with van der Waals surface area (Å²) >= 11 is 0. The molecule has 1 atom stereocenters. The minimum absolute atomic E-state index is 0.0951. The molecular weight excluding hydrogens is 194 g/mol. The second kappa shape index (κ2) is 4.38. The van der Waals surface area contributed by atoms with Crippen molar-refractivity contribution in [1.29, 1.82) is 0 Å². The Morgan fingerprint density at radius 2 is 2.40 bits per heavy atom. The van der Waals surface area contributed by atoms with E-state index in [1.54, 1.807) is 6.08 Å². The Balaban J connectivity index is 3.08. The molecule has 1 aliphatic carbocycles. The Morgan fingerprint density at radius 1 is 1.73 bits per heavy atom. The number of allylic oxidation sites excluding steroid dienone is 1. The van der Waals surface area contributed by atoms with E-state index >= 15 is 0 Å². The highest BCUT2D eigenvalue weighted by molar-refractivity contribution is 5.97. The van der Waals surface area contributed by atoms with E-state index in [2.05, 4.69) is 6.58 Å². The first-order chi connectivity index (χ1) is 7.02. The molecule has 0 fully saturated rings. The van der Waals surface area contributed by atoms with Gasteiger partial charge in [-0.05, 0) is 12.8 Å². The van der Waals surface area contributed by atoms with Crippen LogP contribution in [0.15, 0.2) is 24.3 Å². The Morgan fingerprint density at radius 3 is 2.87 bits per heavy atom. The molecule has 4 heteroatoms. The predicted octanol–water partition coefficient (Wildman–Crippen LogP) is 2.28. The first kappa shape index (κ1) is 11.6. The van der Waals surface area contributed by atoms with Crippen LogP contribution in [-0.2, 0) is 4.79 Å². The molecule has 0 saturated carbocycles. The van der Waals surface area contributed by atoms with Crippen molar-refractivity contribution in [2.24, 2.45) is 0 Å². The number of hydrogen-bond acceptors (Lipinski definition) is 3. The second-order valence-electron chi connectivity index (χ2n) is 3.96. The van der Waals surface area contributed by atoms with Crippen molar-refractivity contribution in [3.63, 3.8) is 0 Å². The summed E-state index contributed by atoms with van der Waals surface area (Å²) in [5.74, 6) is -0.0951. The van der Waals surface area contributed by atoms with Crippen molar-refractivity contribution in [3.05, 3.63) is 34.4 Å². The van der Waals surface area contributed by atoms with Gasteiger partial charge in [-0.1, -0.05) is 12.2 Å². The zero-order valence-electron chi connectivity index (χ0n) is 8.86. The largest absolute Gasteiger partial charge is 0.294 e. The number of rotatable bonds is 4. The number of hydrogen-bond donors (Lipinski definition) is 0. The van der Waals surface area contributed by atoms with Crippen molar-refractivity contribution in [2.75, 3.05) is 0 Å². The van der Waals surface area contributed by atoms with Crippen molar-refractivity contribution < 1.29 is 9.72 Å². The van der Waals surface area contributed by atoms with Crippen molar-refractivity contribution >= 4 is 5.78 Å². The number of ketones is 1. The Kier molecular flexibility index (Phi) is 3.39. The van der Waals surface area contributed by atoms with Gasteiger partial charge in [-0.3, -0.25) is 14.9 Å². The Labute approximate surface area is 88.8 Å². The van der Waals surface area contributed by atoms with Crippen molar-refractivity contribution in [3.8, 4) is 0 Å². The lowest BCUT2D eigenvalue weighted by Gasteiger charge is -2.24. The number of Topliss-reactive ketones (excluding diaryl/α,β-unsaturated/α-hetero) is 1. The summed E-state index contributed by atoms with van der Waals surface area (Å²) < 4.78 is 0. The summed E-state index contributed by atoms with van der Waals surface area (Å²) in [6, 6.07) is 0. The molecule has 15 heavy (non-hydrogen) atoms. The maximum absolute atomic E-state index is 11.6. The van der Waals surface area contributed by atoms with Crippen LogP contribution in [0.1, 0.15) is 32.6 Å². The van der Waals surface area contributed by atoms with Crippen LogP contribution in [0.25, 0.3) is 0 Å². The molecule has 0 heterocycles. The summed E-state index contributed by atoms with van der Waals surface area (Å²) in [6.45, 7) is 4.99. The molecule has 4 nitrogen and oxygen atoms in total. The average molecular weight is 209 g/mol. The highest BCUT2D eigenvalue weighted by Gasteiger charge is 2.43. The molecule has 0 aliphatic heterocycles. The molecule has 0 aromatic heterocycles. The van der Waals surface area contributed by atoms with E-state index in [0.717, 1.165) is 12.8 Å². The summed E-state index contributed by atoms with van der Waals surface area (Å²) in [5.41, 5.74) is -0.946. The third kappa shape index (κ3) is 2.14. The van der Waals surface area contributed by atoms with Gasteiger partial charge in [0.1, 0.15) is 0 Å². The van der Waals surface area contributed by atoms with E-state index in [1.807, 2.05) is 0 Å². The molecule has 0 aromatic carbocycles. The smallest absolute Gasteiger partial charge is 0.250 e. The summed E-state index contributed by atoms with van der Waals surface area (Å²) in [5, 5.41) is 11.0. The fraction of sp³-hybridized carbons (Fsp3) is 0.545. The maximum atomic E-state index is 11.6. The molecule has 0 saturated heterocycles. The van der Waals surface area contributed by atoms with Crippen molar-refractivity contribution in [1.82, 2.24) is 0 Å². The fourth-order valence-electron chi connectivity index (χ4n) is 1.84. The molecule has 1 unspecified atom stereocenters. The van der Waals surface area contributed by atoms with Gasteiger partial charge in [0.2, 0.25) is 0 Å². The van der Waals surface area contributed by atoms with Gasteiger partial charge in [0.15, 0.2) is 5.78 Å². The number of nitrogens with zero attached hydrogens (tertiary/aromatic N) is 1. The van der Waals surface area contributed by atoms with Gasteiger partial charge in [0.25, 0.3) is 5.54 Å². The molecule has 0 aromatic rings. The molecule has 1 rings (SSSR count). The molecule has 0 amide bonds. The lowest BCUT2D eigenvalue weighted by Crippen LogP contribution is -2.40. The van der Waals surface area contributed by atoms with Crippen LogP contribution in [-0.4, -0.2) is 16.2 Å². The van der Waals surface area contributed by atoms with Gasteiger partial charge >= 0.3 is 0 Å². The molecule has 0 N–H and O–H groups in total. The normalized spacial score (nSPS) is 20.3. The van der Waals surface area contributed by atoms with E-state index in [1.165, 1.54) is 13.0 Å². The van der Waals surface area contributed by atoms with Gasteiger partial charge in [-0.25, -0.2) is 0 Å². The van der Waals surface area contributed by atoms with E-state index in [-0.39, 0.29) is 17.1 Å². The lowest BCUT2D eigenvalue weighted by molar-refractivity contribution is -0.551. The summed E-state index contributed by atoms with van der Waals surface area (Å²) in [6.07, 6.45) is 5.36. The maximum Gasteiger partial charge on any atom is 0.250 e. The van der Waals surface area contributed by atoms with Crippen LogP contribution >= 0.6 is 0 Å². The monoisotopic (exact) mass is 209 g/mol. The number of carbonyl (C=O) groups excluding carboxylic acids is 1. The molecular formula is C11H15NO3. The minimum atomic E-state index is -1.29. The van der Waals surface area contributed by atoms with Crippen LogP contribution < -0.4 is 0 Å². The number of carbonyl (C=O) groups is 1. The SMILES string of the molecule is C=CCC(C)(C1=CCCCC1=O)[N+](=O)[O-]. The lowest BCUT2D eigenvalue weighted by atomic mass is 9.81. The predicted molar refractivity (Wildman–Crippen MR) is 57.2 cm³/mol. The van der Waals surface area contributed by atoms with Gasteiger partial charge < -0.3 is 0 Å². The molecule has 82 valence electrons.